The van der Waals surface area contributed by atoms with Crippen LogP contribution >= 0.6 is 0 Å². The summed E-state index contributed by atoms with van der Waals surface area (Å²) >= 11 is 0. The molecule has 0 aliphatic heterocycles. The van der Waals surface area contributed by atoms with Gasteiger partial charge in [0.25, 0.3) is 0 Å². The average Bonchev–Trinajstić information content (AvgIpc) is 2.29. The molecule has 0 aliphatic rings. The largest absolute Gasteiger partial charge is 0.438 e. The molecular weight excluding hydrogens is 219 g/mol. The van der Waals surface area contributed by atoms with Crippen LogP contribution in [0.2, 0.25) is 0 Å². The number of hydrogen-bond acceptors (Lipinski definition) is 2. The van der Waals surface area contributed by atoms with Gasteiger partial charge in [0.1, 0.15) is 5.82 Å². The molecule has 2 nitrogen and oxygen atoms in total. The highest BCUT2D eigenvalue weighted by Gasteiger charge is 2.28. The van der Waals surface area contributed by atoms with Crippen LogP contribution in [0.15, 0.2) is 36.4 Å². The Morgan fingerprint density at radius 3 is 2.41 bits per heavy atom. The average molecular weight is 232 g/mol. The minimum atomic E-state index is -1.22. The first-order valence-electron chi connectivity index (χ1n) is 5.01. The molecule has 1 aromatic carbocycles. The molecule has 0 saturated heterocycles. The standard InChI is InChI=1S/C14H13FO2/c1-5-14(4,17-13(16)10(2)3)11-6-8-12(15)9-7-11/h1,6-9H,2H2,3-4H3. The Labute approximate surface area is 100 Å². The maximum Gasteiger partial charge on any atom is 0.334 e. The third-order valence-electron chi connectivity index (χ3n) is 2.32. The number of ether oxygens (including phenoxy) is 1. The SMILES string of the molecule is C#CC(C)(OC(=O)C(=C)C)c1ccc(F)cc1. The normalized spacial score (nSPS) is 13.3. The van der Waals surface area contributed by atoms with Gasteiger partial charge >= 0.3 is 5.97 Å². The van der Waals surface area contributed by atoms with Crippen molar-refractivity contribution >= 4 is 5.97 Å². The molecule has 0 aliphatic carbocycles. The number of carbonyl (C=O) groups excluding carboxylic acids is 1. The van der Waals surface area contributed by atoms with Gasteiger partial charge in [-0.2, -0.15) is 0 Å². The Balaban J connectivity index is 3.05. The molecule has 17 heavy (non-hydrogen) atoms. The van der Waals surface area contributed by atoms with Gasteiger partial charge in [0.15, 0.2) is 5.60 Å². The van der Waals surface area contributed by atoms with Gasteiger partial charge in [-0.1, -0.05) is 24.6 Å². The maximum absolute atomic E-state index is 12.8. The second-order valence-electron chi connectivity index (χ2n) is 3.85. The lowest BCUT2D eigenvalue weighted by molar-refractivity contribution is -0.148. The van der Waals surface area contributed by atoms with E-state index in [9.17, 15) is 9.18 Å². The van der Waals surface area contributed by atoms with Gasteiger partial charge < -0.3 is 4.74 Å². The molecule has 3 heteroatoms. The van der Waals surface area contributed by atoms with E-state index in [0.29, 0.717) is 5.56 Å². The minimum absolute atomic E-state index is 0.258. The van der Waals surface area contributed by atoms with Crippen molar-refractivity contribution in [3.05, 3.63) is 47.8 Å². The molecular formula is C14H13FO2. The van der Waals surface area contributed by atoms with Crippen LogP contribution in [0.1, 0.15) is 19.4 Å². The second kappa shape index (κ2) is 4.84. The first-order valence-corrected chi connectivity index (χ1v) is 5.01. The minimum Gasteiger partial charge on any atom is -0.438 e. The van der Waals surface area contributed by atoms with Gasteiger partial charge in [0.05, 0.1) is 0 Å². The first-order chi connectivity index (χ1) is 7.89. The second-order valence-corrected chi connectivity index (χ2v) is 3.85. The summed E-state index contributed by atoms with van der Waals surface area (Å²) in [6.07, 6.45) is 5.37. The zero-order valence-corrected chi connectivity index (χ0v) is 9.79. The zero-order chi connectivity index (χ0) is 13.1. The Morgan fingerprint density at radius 1 is 1.47 bits per heavy atom. The Bertz CT molecular complexity index is 482. The quantitative estimate of drug-likeness (QED) is 0.455. The van der Waals surface area contributed by atoms with Crippen molar-refractivity contribution in [2.45, 2.75) is 19.4 Å². The molecule has 0 aromatic heterocycles. The smallest absolute Gasteiger partial charge is 0.334 e. The fraction of sp³-hybridized carbons (Fsp3) is 0.214. The molecule has 0 heterocycles. The van der Waals surface area contributed by atoms with Gasteiger partial charge in [-0.15, -0.1) is 6.42 Å². The molecule has 1 unspecified atom stereocenters. The lowest BCUT2D eigenvalue weighted by Gasteiger charge is -2.24. The van der Waals surface area contributed by atoms with E-state index in [2.05, 4.69) is 12.5 Å². The third-order valence-corrected chi connectivity index (χ3v) is 2.32. The lowest BCUT2D eigenvalue weighted by atomic mass is 9.96. The van der Waals surface area contributed by atoms with E-state index in [1.54, 1.807) is 6.92 Å². The van der Waals surface area contributed by atoms with Crippen molar-refractivity contribution in [1.29, 1.82) is 0 Å². The molecule has 0 saturated carbocycles. The van der Waals surface area contributed by atoms with E-state index in [-0.39, 0.29) is 11.4 Å². The summed E-state index contributed by atoms with van der Waals surface area (Å²) in [5, 5.41) is 0. The van der Waals surface area contributed by atoms with E-state index in [1.807, 2.05) is 0 Å². The number of esters is 1. The lowest BCUT2D eigenvalue weighted by Crippen LogP contribution is -2.27. The summed E-state index contributed by atoms with van der Waals surface area (Å²) in [6, 6.07) is 5.50. The molecule has 1 rings (SSSR count). The molecule has 1 atom stereocenters. The van der Waals surface area contributed by atoms with Gasteiger partial charge in [-0.25, -0.2) is 9.18 Å². The fourth-order valence-corrected chi connectivity index (χ4v) is 1.21. The molecule has 88 valence electrons. The highest BCUT2D eigenvalue weighted by Crippen LogP contribution is 2.25. The van der Waals surface area contributed by atoms with Crippen LogP contribution in [-0.2, 0) is 15.1 Å². The monoisotopic (exact) mass is 232 g/mol. The van der Waals surface area contributed by atoms with Crippen molar-refractivity contribution in [3.63, 3.8) is 0 Å². The van der Waals surface area contributed by atoms with Crippen LogP contribution in [-0.4, -0.2) is 5.97 Å². The highest BCUT2D eigenvalue weighted by atomic mass is 19.1. The summed E-state index contributed by atoms with van der Waals surface area (Å²) in [5.74, 6) is 1.44. The Kier molecular flexibility index (Phi) is 3.69. The van der Waals surface area contributed by atoms with Crippen LogP contribution in [0.5, 0.6) is 0 Å². The van der Waals surface area contributed by atoms with Crippen LogP contribution < -0.4 is 0 Å². The molecule has 0 radical (unpaired) electrons. The maximum atomic E-state index is 12.8. The van der Waals surface area contributed by atoms with Crippen molar-refractivity contribution < 1.29 is 13.9 Å². The molecule has 0 fully saturated rings. The number of hydrogen-bond donors (Lipinski definition) is 0. The van der Waals surface area contributed by atoms with Crippen molar-refractivity contribution in [1.82, 2.24) is 0 Å². The topological polar surface area (TPSA) is 26.3 Å². The third kappa shape index (κ3) is 2.94. The van der Waals surface area contributed by atoms with E-state index in [1.165, 1.54) is 31.2 Å². The van der Waals surface area contributed by atoms with Gasteiger partial charge in [0, 0.05) is 11.1 Å². The number of carbonyl (C=O) groups is 1. The van der Waals surface area contributed by atoms with Gasteiger partial charge in [0.2, 0.25) is 0 Å². The summed E-state index contributed by atoms with van der Waals surface area (Å²) in [5.41, 5.74) is -0.423. The number of halogens is 1. The molecule has 0 spiro atoms. The van der Waals surface area contributed by atoms with Gasteiger partial charge in [-0.05, 0) is 26.0 Å². The number of benzene rings is 1. The fourth-order valence-electron chi connectivity index (χ4n) is 1.21. The molecule has 0 amide bonds. The summed E-state index contributed by atoms with van der Waals surface area (Å²) in [7, 11) is 0. The molecule has 0 N–H and O–H groups in total. The predicted octanol–water partition coefficient (Wildman–Crippen LogP) is 2.79. The summed E-state index contributed by atoms with van der Waals surface area (Å²) < 4.78 is 18.0. The zero-order valence-electron chi connectivity index (χ0n) is 9.79. The predicted molar refractivity (Wildman–Crippen MR) is 63.5 cm³/mol. The van der Waals surface area contributed by atoms with Crippen LogP contribution in [0.3, 0.4) is 0 Å². The Hall–Kier alpha value is -2.08. The van der Waals surface area contributed by atoms with Crippen LogP contribution in [0, 0.1) is 18.2 Å². The summed E-state index contributed by atoms with van der Waals surface area (Å²) in [6.45, 7) is 6.58. The van der Waals surface area contributed by atoms with Gasteiger partial charge in [-0.3, -0.25) is 0 Å². The van der Waals surface area contributed by atoms with E-state index < -0.39 is 11.6 Å². The molecule has 0 bridgehead atoms. The van der Waals surface area contributed by atoms with Crippen molar-refractivity contribution in [2.75, 3.05) is 0 Å². The van der Waals surface area contributed by atoms with Crippen molar-refractivity contribution in [3.8, 4) is 12.3 Å². The molecule has 1 aromatic rings. The van der Waals surface area contributed by atoms with Crippen LogP contribution in [0.25, 0.3) is 0 Å². The van der Waals surface area contributed by atoms with Crippen LogP contribution in [0.4, 0.5) is 4.39 Å². The van der Waals surface area contributed by atoms with Crippen molar-refractivity contribution in [2.24, 2.45) is 0 Å². The van der Waals surface area contributed by atoms with E-state index in [4.69, 9.17) is 11.2 Å². The number of rotatable bonds is 3. The summed E-state index contributed by atoms with van der Waals surface area (Å²) in [4.78, 5) is 11.5. The first kappa shape index (κ1) is 13.0. The number of terminal acetylenes is 1. The Morgan fingerprint density at radius 2 is 2.00 bits per heavy atom. The van der Waals surface area contributed by atoms with E-state index >= 15 is 0 Å². The highest BCUT2D eigenvalue weighted by molar-refractivity contribution is 5.87. The van der Waals surface area contributed by atoms with E-state index in [0.717, 1.165) is 0 Å².